The molecule has 0 bridgehead atoms. The van der Waals surface area contributed by atoms with E-state index in [0.29, 0.717) is 22.7 Å². The van der Waals surface area contributed by atoms with Gasteiger partial charge in [-0.3, -0.25) is 4.79 Å². The number of methoxy groups -OCH3 is 1. The molecule has 112 valence electrons. The first-order valence-corrected chi connectivity index (χ1v) is 7.84. The number of rotatable bonds is 6. The van der Waals surface area contributed by atoms with Crippen LogP contribution in [0.15, 0.2) is 0 Å². The van der Waals surface area contributed by atoms with E-state index in [1.54, 1.807) is 7.11 Å². The van der Waals surface area contributed by atoms with Crippen molar-refractivity contribution in [2.75, 3.05) is 31.3 Å². The highest BCUT2D eigenvalue weighted by Gasteiger charge is 2.22. The summed E-state index contributed by atoms with van der Waals surface area (Å²) in [5.41, 5.74) is 6.43. The molecule has 0 amide bonds. The maximum Gasteiger partial charge on any atom is 0.176 e. The fourth-order valence-corrected chi connectivity index (χ4v) is 3.40. The van der Waals surface area contributed by atoms with Crippen LogP contribution in [0.4, 0.5) is 10.7 Å². The molecule has 3 N–H and O–H groups in total. The van der Waals surface area contributed by atoms with Crippen molar-refractivity contribution in [3.63, 3.8) is 0 Å². The third-order valence-corrected chi connectivity index (χ3v) is 4.63. The fourth-order valence-electron chi connectivity index (χ4n) is 2.29. The second-order valence-corrected chi connectivity index (χ2v) is 5.87. The second-order valence-electron chi connectivity index (χ2n) is 4.85. The number of anilines is 2. The minimum Gasteiger partial charge on any atom is -0.492 e. The predicted octanol–water partition coefficient (Wildman–Crippen LogP) is 2.91. The summed E-state index contributed by atoms with van der Waals surface area (Å²) in [4.78, 5) is 12.4. The molecule has 0 saturated carbocycles. The number of thiophene rings is 1. The number of nitrogens with one attached hydrogen (secondary N) is 1. The van der Waals surface area contributed by atoms with E-state index in [4.69, 9.17) is 15.2 Å². The van der Waals surface area contributed by atoms with Crippen molar-refractivity contribution >= 4 is 27.8 Å². The number of hydrogen-bond donors (Lipinski definition) is 2. The molecule has 1 aliphatic heterocycles. The molecule has 6 heteroatoms. The molecule has 0 aromatic carbocycles. The smallest absolute Gasteiger partial charge is 0.176 e. The van der Waals surface area contributed by atoms with Crippen molar-refractivity contribution < 1.29 is 14.3 Å². The van der Waals surface area contributed by atoms with Gasteiger partial charge in [0.1, 0.15) is 5.00 Å². The summed E-state index contributed by atoms with van der Waals surface area (Å²) >= 11 is 1.37. The number of nitrogen functional groups attached to an aromatic ring is 1. The van der Waals surface area contributed by atoms with Gasteiger partial charge in [-0.25, -0.2) is 0 Å². The van der Waals surface area contributed by atoms with Gasteiger partial charge in [-0.2, -0.15) is 0 Å². The largest absolute Gasteiger partial charge is 0.492 e. The molecule has 0 spiro atoms. The van der Waals surface area contributed by atoms with Crippen LogP contribution in [0.1, 0.15) is 42.3 Å². The van der Waals surface area contributed by atoms with Gasteiger partial charge in [0, 0.05) is 19.6 Å². The average Bonchev–Trinajstić information content (AvgIpc) is 2.81. The van der Waals surface area contributed by atoms with Crippen LogP contribution in [0.25, 0.3) is 0 Å². The Kier molecular flexibility index (Phi) is 5.25. The summed E-state index contributed by atoms with van der Waals surface area (Å²) in [5.74, 6) is 0.621. The first kappa shape index (κ1) is 15.1. The number of Topliss-reactive ketones (excluding diaryl/α,β-unsaturated/α-hetero) is 1. The van der Waals surface area contributed by atoms with Gasteiger partial charge in [0.15, 0.2) is 11.5 Å². The van der Waals surface area contributed by atoms with Crippen LogP contribution in [0.3, 0.4) is 0 Å². The Morgan fingerprint density at radius 1 is 1.55 bits per heavy atom. The molecule has 20 heavy (non-hydrogen) atoms. The van der Waals surface area contributed by atoms with Crippen LogP contribution in [-0.2, 0) is 4.74 Å². The zero-order valence-corrected chi connectivity index (χ0v) is 12.8. The highest BCUT2D eigenvalue weighted by atomic mass is 32.1. The maximum absolute atomic E-state index is 11.8. The van der Waals surface area contributed by atoms with Gasteiger partial charge in [0.05, 0.1) is 23.8 Å². The monoisotopic (exact) mass is 298 g/mol. The van der Waals surface area contributed by atoms with Crippen LogP contribution in [-0.4, -0.2) is 32.1 Å². The third-order valence-electron chi connectivity index (χ3n) is 3.44. The first-order valence-electron chi connectivity index (χ1n) is 7.02. The highest BCUT2D eigenvalue weighted by molar-refractivity contribution is 7.19. The van der Waals surface area contributed by atoms with Gasteiger partial charge < -0.3 is 20.5 Å². The predicted molar refractivity (Wildman–Crippen MR) is 82.0 cm³/mol. The lowest BCUT2D eigenvalue weighted by Crippen LogP contribution is -2.26. The summed E-state index contributed by atoms with van der Waals surface area (Å²) in [5, 5.41) is 4.13. The topological polar surface area (TPSA) is 73.6 Å². The molecule has 0 aliphatic carbocycles. The van der Waals surface area contributed by atoms with Gasteiger partial charge in [0.25, 0.3) is 0 Å². The summed E-state index contributed by atoms with van der Waals surface area (Å²) in [7, 11) is 1.57. The molecule has 1 unspecified atom stereocenters. The number of carbonyl (C=O) groups is 1. The number of nitrogens with two attached hydrogens (primary N) is 1. The normalized spacial score (nSPS) is 18.8. The number of carbonyl (C=O) groups excluding carboxylic acids is 1. The average molecular weight is 298 g/mol. The summed E-state index contributed by atoms with van der Waals surface area (Å²) < 4.78 is 11.0. The van der Waals surface area contributed by atoms with Gasteiger partial charge in [0.2, 0.25) is 0 Å². The van der Waals surface area contributed by atoms with Crippen molar-refractivity contribution in [2.45, 2.75) is 38.7 Å². The Labute approximate surface area is 123 Å². The van der Waals surface area contributed by atoms with E-state index in [1.807, 2.05) is 6.92 Å². The van der Waals surface area contributed by atoms with Crippen molar-refractivity contribution in [2.24, 2.45) is 0 Å². The molecule has 1 aromatic rings. The van der Waals surface area contributed by atoms with Gasteiger partial charge in [-0.1, -0.05) is 6.92 Å². The lowest BCUT2D eigenvalue weighted by Gasteiger charge is -2.23. The minimum absolute atomic E-state index is 0.0489. The Balaban J connectivity index is 2.08. The maximum atomic E-state index is 11.8. The molecule has 0 radical (unpaired) electrons. The summed E-state index contributed by atoms with van der Waals surface area (Å²) in [6.45, 7) is 3.38. The Hall–Kier alpha value is -1.27. The molecule has 1 aliphatic rings. The SMILES string of the molecule is CCC(=O)c1sc(NCC2CCCCO2)c(OC)c1N. The second kappa shape index (κ2) is 6.95. The van der Waals surface area contributed by atoms with E-state index in [9.17, 15) is 4.79 Å². The minimum atomic E-state index is 0.0489. The molecule has 2 heterocycles. The molecule has 1 atom stereocenters. The Morgan fingerprint density at radius 2 is 2.35 bits per heavy atom. The molecule has 1 saturated heterocycles. The van der Waals surface area contributed by atoms with Crippen molar-refractivity contribution in [1.82, 2.24) is 0 Å². The van der Waals surface area contributed by atoms with Gasteiger partial charge in [-0.15, -0.1) is 11.3 Å². The van der Waals surface area contributed by atoms with Gasteiger partial charge in [-0.05, 0) is 19.3 Å². The quantitative estimate of drug-likeness (QED) is 0.790. The number of hydrogen-bond acceptors (Lipinski definition) is 6. The molecular formula is C14H22N2O3S. The molecular weight excluding hydrogens is 276 g/mol. The van der Waals surface area contributed by atoms with E-state index in [0.717, 1.165) is 31.0 Å². The molecule has 5 nitrogen and oxygen atoms in total. The summed E-state index contributed by atoms with van der Waals surface area (Å²) in [6.07, 6.45) is 4.08. The van der Waals surface area contributed by atoms with Crippen molar-refractivity contribution in [3.8, 4) is 5.75 Å². The molecule has 1 fully saturated rings. The third kappa shape index (κ3) is 3.24. The molecule has 1 aromatic heterocycles. The lowest BCUT2D eigenvalue weighted by molar-refractivity contribution is 0.0248. The van der Waals surface area contributed by atoms with Crippen LogP contribution in [0.2, 0.25) is 0 Å². The van der Waals surface area contributed by atoms with Crippen molar-refractivity contribution in [1.29, 1.82) is 0 Å². The molecule has 2 rings (SSSR count). The van der Waals surface area contributed by atoms with Crippen LogP contribution in [0.5, 0.6) is 5.75 Å². The summed E-state index contributed by atoms with van der Waals surface area (Å²) in [6, 6.07) is 0. The number of ketones is 1. The van der Waals surface area contributed by atoms with E-state index < -0.39 is 0 Å². The number of ether oxygens (including phenoxy) is 2. The van der Waals surface area contributed by atoms with Crippen LogP contribution in [0, 0.1) is 0 Å². The lowest BCUT2D eigenvalue weighted by atomic mass is 10.1. The van der Waals surface area contributed by atoms with E-state index >= 15 is 0 Å². The van der Waals surface area contributed by atoms with E-state index in [1.165, 1.54) is 17.8 Å². The van der Waals surface area contributed by atoms with Crippen molar-refractivity contribution in [3.05, 3.63) is 4.88 Å². The van der Waals surface area contributed by atoms with E-state index in [2.05, 4.69) is 5.32 Å². The zero-order valence-electron chi connectivity index (χ0n) is 12.0. The van der Waals surface area contributed by atoms with E-state index in [-0.39, 0.29) is 11.9 Å². The van der Waals surface area contributed by atoms with Crippen LogP contribution < -0.4 is 15.8 Å². The van der Waals surface area contributed by atoms with Crippen LogP contribution >= 0.6 is 11.3 Å². The fraction of sp³-hybridized carbons (Fsp3) is 0.643. The Bertz CT molecular complexity index is 467. The Morgan fingerprint density at radius 3 is 2.95 bits per heavy atom. The highest BCUT2D eigenvalue weighted by Crippen LogP contribution is 2.43. The van der Waals surface area contributed by atoms with Gasteiger partial charge >= 0.3 is 0 Å². The first-order chi connectivity index (χ1) is 9.67. The zero-order chi connectivity index (χ0) is 14.5. The standard InChI is InChI=1S/C14H22N2O3S/c1-3-10(17)13-11(15)12(18-2)14(20-13)16-8-9-6-4-5-7-19-9/h9,16H,3-8,15H2,1-2H3.